The Morgan fingerprint density at radius 2 is 1.64 bits per heavy atom. The summed E-state index contributed by atoms with van der Waals surface area (Å²) in [5.74, 6) is 0.568. The van der Waals surface area contributed by atoms with Crippen LogP contribution >= 0.6 is 0 Å². The Labute approximate surface area is 136 Å². The lowest BCUT2D eigenvalue weighted by Gasteiger charge is -2.35. The molecule has 130 valence electrons. The van der Waals surface area contributed by atoms with Gasteiger partial charge < -0.3 is 20.1 Å². The number of likely N-dealkylation sites (tertiary alicyclic amines) is 1. The average molecular weight is 313 g/mol. The maximum Gasteiger partial charge on any atom is 0.0667 e. The lowest BCUT2D eigenvalue weighted by atomic mass is 10.0. The number of hydrogen-bond donors (Lipinski definition) is 2. The molecule has 1 unspecified atom stereocenters. The summed E-state index contributed by atoms with van der Waals surface area (Å²) in [7, 11) is 0. The Bertz CT molecular complexity index is 288. The van der Waals surface area contributed by atoms with Crippen molar-refractivity contribution in [3.8, 4) is 0 Å². The largest absolute Gasteiger partial charge is 0.392 e. The van der Waals surface area contributed by atoms with E-state index in [2.05, 4.69) is 29.0 Å². The zero-order chi connectivity index (χ0) is 15.8. The van der Waals surface area contributed by atoms with Gasteiger partial charge in [0.25, 0.3) is 0 Å². The summed E-state index contributed by atoms with van der Waals surface area (Å²) >= 11 is 0. The van der Waals surface area contributed by atoms with Crippen molar-refractivity contribution < 1.29 is 9.84 Å². The third-order valence-corrected chi connectivity index (χ3v) is 4.81. The van der Waals surface area contributed by atoms with Crippen LogP contribution in [-0.4, -0.2) is 86.1 Å². The van der Waals surface area contributed by atoms with Crippen LogP contribution in [0.3, 0.4) is 0 Å². The highest BCUT2D eigenvalue weighted by Crippen LogP contribution is 2.11. The standard InChI is InChI=1S/C17H35N3O2/c1-15(2)13-17(21)14-18-16-3-5-19(6-4-16)7-8-20-9-11-22-12-10-20/h15-18,21H,3-14H2,1-2H3. The minimum absolute atomic E-state index is 0.195. The molecule has 0 spiro atoms. The van der Waals surface area contributed by atoms with Gasteiger partial charge >= 0.3 is 0 Å². The van der Waals surface area contributed by atoms with Crippen LogP contribution in [0.2, 0.25) is 0 Å². The number of morpholine rings is 1. The van der Waals surface area contributed by atoms with Gasteiger partial charge in [0.05, 0.1) is 19.3 Å². The molecule has 0 saturated carbocycles. The molecule has 0 bridgehead atoms. The van der Waals surface area contributed by atoms with Crippen LogP contribution in [0.1, 0.15) is 33.1 Å². The predicted octanol–water partition coefficient (Wildman–Crippen LogP) is 0.780. The summed E-state index contributed by atoms with van der Waals surface area (Å²) < 4.78 is 5.39. The Balaban J connectivity index is 1.53. The van der Waals surface area contributed by atoms with Crippen LogP contribution in [0.25, 0.3) is 0 Å². The van der Waals surface area contributed by atoms with E-state index >= 15 is 0 Å². The van der Waals surface area contributed by atoms with Crippen LogP contribution in [0.5, 0.6) is 0 Å². The second-order valence-corrected chi connectivity index (χ2v) is 7.26. The monoisotopic (exact) mass is 313 g/mol. The highest BCUT2D eigenvalue weighted by Gasteiger charge is 2.20. The van der Waals surface area contributed by atoms with Crippen LogP contribution in [0.15, 0.2) is 0 Å². The van der Waals surface area contributed by atoms with E-state index in [-0.39, 0.29) is 6.10 Å². The van der Waals surface area contributed by atoms with Crippen LogP contribution in [-0.2, 0) is 4.74 Å². The van der Waals surface area contributed by atoms with Gasteiger partial charge in [0.2, 0.25) is 0 Å². The van der Waals surface area contributed by atoms with Crippen molar-refractivity contribution in [3.05, 3.63) is 0 Å². The van der Waals surface area contributed by atoms with Gasteiger partial charge in [-0.05, 0) is 38.3 Å². The molecule has 2 N–H and O–H groups in total. The number of nitrogens with zero attached hydrogens (tertiary/aromatic N) is 2. The highest BCUT2D eigenvalue weighted by molar-refractivity contribution is 4.79. The molecule has 0 radical (unpaired) electrons. The zero-order valence-electron chi connectivity index (χ0n) is 14.5. The second-order valence-electron chi connectivity index (χ2n) is 7.26. The van der Waals surface area contributed by atoms with Crippen molar-refractivity contribution in [3.63, 3.8) is 0 Å². The summed E-state index contributed by atoms with van der Waals surface area (Å²) in [6.45, 7) is 13.8. The van der Waals surface area contributed by atoms with E-state index in [4.69, 9.17) is 4.74 Å². The fourth-order valence-corrected chi connectivity index (χ4v) is 3.40. The second kappa shape index (κ2) is 9.83. The van der Waals surface area contributed by atoms with Gasteiger partial charge in [-0.2, -0.15) is 0 Å². The van der Waals surface area contributed by atoms with E-state index in [0.29, 0.717) is 12.0 Å². The van der Waals surface area contributed by atoms with Crippen molar-refractivity contribution in [2.24, 2.45) is 5.92 Å². The Morgan fingerprint density at radius 1 is 1.05 bits per heavy atom. The normalized spacial score (nSPS) is 24.0. The molecule has 22 heavy (non-hydrogen) atoms. The molecule has 0 aliphatic carbocycles. The topological polar surface area (TPSA) is 48.0 Å². The number of nitrogens with one attached hydrogen (secondary N) is 1. The molecule has 0 aromatic heterocycles. The fourth-order valence-electron chi connectivity index (χ4n) is 3.40. The number of rotatable bonds is 8. The molecular weight excluding hydrogens is 278 g/mol. The molecule has 2 fully saturated rings. The van der Waals surface area contributed by atoms with Crippen molar-refractivity contribution in [2.75, 3.05) is 59.0 Å². The van der Waals surface area contributed by atoms with E-state index in [0.717, 1.165) is 39.3 Å². The summed E-state index contributed by atoms with van der Waals surface area (Å²) in [6, 6.07) is 0.585. The summed E-state index contributed by atoms with van der Waals surface area (Å²) in [5, 5.41) is 13.5. The molecule has 2 heterocycles. The molecule has 1 atom stereocenters. The third-order valence-electron chi connectivity index (χ3n) is 4.81. The molecule has 5 nitrogen and oxygen atoms in total. The minimum Gasteiger partial charge on any atom is -0.392 e. The first kappa shape index (κ1) is 18.1. The van der Waals surface area contributed by atoms with Crippen molar-refractivity contribution >= 4 is 0 Å². The SMILES string of the molecule is CC(C)CC(O)CNC1CCN(CCN2CCOCC2)CC1. The Morgan fingerprint density at radius 3 is 2.23 bits per heavy atom. The molecule has 0 amide bonds. The molecular formula is C17H35N3O2. The Hall–Kier alpha value is -0.200. The lowest BCUT2D eigenvalue weighted by molar-refractivity contribution is 0.0317. The molecule has 2 rings (SSSR count). The molecule has 0 aromatic carbocycles. The summed E-state index contributed by atoms with van der Waals surface area (Å²) in [5.41, 5.74) is 0. The van der Waals surface area contributed by atoms with E-state index in [9.17, 15) is 5.11 Å². The van der Waals surface area contributed by atoms with Crippen molar-refractivity contribution in [1.29, 1.82) is 0 Å². The number of ether oxygens (including phenoxy) is 1. The molecule has 2 saturated heterocycles. The van der Waals surface area contributed by atoms with E-state index in [1.54, 1.807) is 0 Å². The molecule has 2 aliphatic rings. The van der Waals surface area contributed by atoms with E-state index in [1.165, 1.54) is 39.0 Å². The van der Waals surface area contributed by atoms with Gasteiger partial charge in [-0.25, -0.2) is 0 Å². The predicted molar refractivity (Wildman–Crippen MR) is 90.2 cm³/mol. The average Bonchev–Trinajstić information content (AvgIpc) is 2.52. The first-order valence-electron chi connectivity index (χ1n) is 9.07. The van der Waals surface area contributed by atoms with Gasteiger partial charge in [0.15, 0.2) is 0 Å². The first-order valence-corrected chi connectivity index (χ1v) is 9.07. The molecule has 2 aliphatic heterocycles. The van der Waals surface area contributed by atoms with Gasteiger partial charge in [-0.3, -0.25) is 4.90 Å². The minimum atomic E-state index is -0.195. The summed E-state index contributed by atoms with van der Waals surface area (Å²) in [6.07, 6.45) is 3.11. The van der Waals surface area contributed by atoms with Gasteiger partial charge in [-0.1, -0.05) is 13.8 Å². The van der Waals surface area contributed by atoms with Gasteiger partial charge in [0, 0.05) is 38.8 Å². The number of piperidine rings is 1. The summed E-state index contributed by atoms with van der Waals surface area (Å²) in [4.78, 5) is 5.09. The maximum absolute atomic E-state index is 9.94. The molecule has 0 aromatic rings. The van der Waals surface area contributed by atoms with Gasteiger partial charge in [-0.15, -0.1) is 0 Å². The molecule has 5 heteroatoms. The number of hydrogen-bond acceptors (Lipinski definition) is 5. The van der Waals surface area contributed by atoms with Crippen molar-refractivity contribution in [1.82, 2.24) is 15.1 Å². The Kier molecular flexibility index (Phi) is 8.11. The van der Waals surface area contributed by atoms with Crippen LogP contribution in [0, 0.1) is 5.92 Å². The highest BCUT2D eigenvalue weighted by atomic mass is 16.5. The third kappa shape index (κ3) is 6.92. The lowest BCUT2D eigenvalue weighted by Crippen LogP contribution is -2.47. The number of aliphatic hydroxyl groups is 1. The zero-order valence-corrected chi connectivity index (χ0v) is 14.5. The van der Waals surface area contributed by atoms with Crippen molar-refractivity contribution in [2.45, 2.75) is 45.3 Å². The first-order chi connectivity index (χ1) is 10.6. The quantitative estimate of drug-likeness (QED) is 0.693. The van der Waals surface area contributed by atoms with Crippen LogP contribution in [0.4, 0.5) is 0 Å². The van der Waals surface area contributed by atoms with Crippen LogP contribution < -0.4 is 5.32 Å². The number of aliphatic hydroxyl groups excluding tert-OH is 1. The van der Waals surface area contributed by atoms with E-state index < -0.39 is 0 Å². The smallest absolute Gasteiger partial charge is 0.0667 e. The van der Waals surface area contributed by atoms with E-state index in [1.807, 2.05) is 0 Å². The maximum atomic E-state index is 9.94. The van der Waals surface area contributed by atoms with Gasteiger partial charge in [0.1, 0.15) is 0 Å². The fraction of sp³-hybridized carbons (Fsp3) is 1.00.